The smallest absolute Gasteiger partial charge is 0.193 e. The third-order valence-corrected chi connectivity index (χ3v) is 4.20. The Bertz CT molecular complexity index is 531. The highest BCUT2D eigenvalue weighted by Gasteiger charge is 2.26. The molecule has 0 amide bonds. The van der Waals surface area contributed by atoms with E-state index in [1.54, 1.807) is 13.1 Å². The standard InChI is InChI=1S/C16H24F2N4.HI/c1-4-15(13-6-5-12(17)11-14(13)18)21-7-9-22(10-8-21)16(19-2)20-3;/h5-6,11,15H,4,7-10H2,1-3H3,(H,19,20);1H. The van der Waals surface area contributed by atoms with Crippen molar-refractivity contribution < 1.29 is 8.78 Å². The quantitative estimate of drug-likeness (QED) is 0.448. The van der Waals surface area contributed by atoms with Gasteiger partial charge in [-0.3, -0.25) is 9.89 Å². The van der Waals surface area contributed by atoms with Crippen LogP contribution >= 0.6 is 24.0 Å². The molecule has 0 radical (unpaired) electrons. The Kier molecular flexibility index (Phi) is 8.18. The van der Waals surface area contributed by atoms with Crippen LogP contribution in [0, 0.1) is 11.6 Å². The Balaban J connectivity index is 0.00000264. The summed E-state index contributed by atoms with van der Waals surface area (Å²) in [6, 6.07) is 3.86. The molecular formula is C16H25F2IN4. The summed E-state index contributed by atoms with van der Waals surface area (Å²) < 4.78 is 27.1. The average molecular weight is 438 g/mol. The molecule has 2 rings (SSSR count). The molecule has 1 aliphatic rings. The Morgan fingerprint density at radius 3 is 2.39 bits per heavy atom. The highest BCUT2D eigenvalue weighted by molar-refractivity contribution is 14.0. The van der Waals surface area contributed by atoms with Crippen LogP contribution in [0.3, 0.4) is 0 Å². The van der Waals surface area contributed by atoms with Gasteiger partial charge in [0.1, 0.15) is 11.6 Å². The molecule has 1 saturated heterocycles. The van der Waals surface area contributed by atoms with Gasteiger partial charge >= 0.3 is 0 Å². The van der Waals surface area contributed by atoms with Crippen LogP contribution in [-0.4, -0.2) is 56.0 Å². The van der Waals surface area contributed by atoms with E-state index < -0.39 is 11.6 Å². The zero-order valence-electron chi connectivity index (χ0n) is 13.9. The van der Waals surface area contributed by atoms with Crippen LogP contribution in [0.2, 0.25) is 0 Å². The molecule has 23 heavy (non-hydrogen) atoms. The van der Waals surface area contributed by atoms with Crippen molar-refractivity contribution in [2.24, 2.45) is 4.99 Å². The molecule has 0 spiro atoms. The number of halogens is 3. The molecule has 0 aliphatic carbocycles. The Morgan fingerprint density at radius 1 is 1.26 bits per heavy atom. The number of hydrogen-bond donors (Lipinski definition) is 1. The normalized spacial score (nSPS) is 17.6. The van der Waals surface area contributed by atoms with Crippen LogP contribution in [-0.2, 0) is 0 Å². The Morgan fingerprint density at radius 2 is 1.91 bits per heavy atom. The first kappa shape index (κ1) is 20.1. The van der Waals surface area contributed by atoms with E-state index in [1.165, 1.54) is 6.07 Å². The third-order valence-electron chi connectivity index (χ3n) is 4.20. The minimum absolute atomic E-state index is 0. The molecule has 0 aromatic heterocycles. The lowest BCUT2D eigenvalue weighted by molar-refractivity contribution is 0.125. The molecule has 1 heterocycles. The predicted octanol–water partition coefficient (Wildman–Crippen LogP) is 2.86. The van der Waals surface area contributed by atoms with Crippen molar-refractivity contribution >= 4 is 29.9 Å². The molecule has 1 aliphatic heterocycles. The number of hydrogen-bond acceptors (Lipinski definition) is 2. The first-order chi connectivity index (χ1) is 10.6. The van der Waals surface area contributed by atoms with Crippen LogP contribution in [0.15, 0.2) is 23.2 Å². The van der Waals surface area contributed by atoms with Gasteiger partial charge in [-0.15, -0.1) is 24.0 Å². The van der Waals surface area contributed by atoms with E-state index in [2.05, 4.69) is 20.1 Å². The number of rotatable bonds is 3. The van der Waals surface area contributed by atoms with Crippen LogP contribution < -0.4 is 5.32 Å². The first-order valence-corrected chi connectivity index (χ1v) is 7.69. The van der Waals surface area contributed by atoms with Gasteiger partial charge in [-0.2, -0.15) is 0 Å². The van der Waals surface area contributed by atoms with Crippen molar-refractivity contribution in [3.05, 3.63) is 35.4 Å². The summed E-state index contributed by atoms with van der Waals surface area (Å²) >= 11 is 0. The minimum atomic E-state index is -0.529. The first-order valence-electron chi connectivity index (χ1n) is 7.69. The molecule has 1 unspecified atom stereocenters. The van der Waals surface area contributed by atoms with Gasteiger partial charge in [0.25, 0.3) is 0 Å². The van der Waals surface area contributed by atoms with E-state index in [-0.39, 0.29) is 30.0 Å². The van der Waals surface area contributed by atoms with E-state index in [9.17, 15) is 8.78 Å². The van der Waals surface area contributed by atoms with Gasteiger partial charge in [-0.1, -0.05) is 13.0 Å². The molecule has 1 aromatic rings. The van der Waals surface area contributed by atoms with Crippen molar-refractivity contribution in [2.75, 3.05) is 40.3 Å². The van der Waals surface area contributed by atoms with E-state index in [0.717, 1.165) is 44.6 Å². The van der Waals surface area contributed by atoms with Gasteiger partial charge in [-0.25, -0.2) is 8.78 Å². The lowest BCUT2D eigenvalue weighted by Crippen LogP contribution is -2.52. The highest BCUT2D eigenvalue weighted by Crippen LogP contribution is 2.27. The van der Waals surface area contributed by atoms with Crippen molar-refractivity contribution in [1.82, 2.24) is 15.1 Å². The maximum atomic E-state index is 14.1. The maximum Gasteiger partial charge on any atom is 0.193 e. The van der Waals surface area contributed by atoms with Gasteiger partial charge in [0.05, 0.1) is 0 Å². The van der Waals surface area contributed by atoms with E-state index in [4.69, 9.17) is 0 Å². The monoisotopic (exact) mass is 438 g/mol. The second-order valence-electron chi connectivity index (χ2n) is 5.41. The number of guanidine groups is 1. The predicted molar refractivity (Wildman–Crippen MR) is 100 cm³/mol. The number of nitrogens with zero attached hydrogens (tertiary/aromatic N) is 3. The molecule has 0 saturated carbocycles. The second kappa shape index (κ2) is 9.36. The van der Waals surface area contributed by atoms with Gasteiger partial charge < -0.3 is 10.2 Å². The topological polar surface area (TPSA) is 30.9 Å². The molecule has 4 nitrogen and oxygen atoms in total. The van der Waals surface area contributed by atoms with Crippen molar-refractivity contribution in [2.45, 2.75) is 19.4 Å². The van der Waals surface area contributed by atoms with Crippen LogP contribution in [0.1, 0.15) is 24.9 Å². The van der Waals surface area contributed by atoms with Crippen molar-refractivity contribution in [1.29, 1.82) is 0 Å². The van der Waals surface area contributed by atoms with Gasteiger partial charge in [-0.05, 0) is 12.5 Å². The van der Waals surface area contributed by atoms with E-state index >= 15 is 0 Å². The summed E-state index contributed by atoms with van der Waals surface area (Å²) in [5, 5.41) is 3.08. The van der Waals surface area contributed by atoms with E-state index in [1.807, 2.05) is 14.0 Å². The number of nitrogens with one attached hydrogen (secondary N) is 1. The van der Waals surface area contributed by atoms with Crippen LogP contribution in [0.25, 0.3) is 0 Å². The summed E-state index contributed by atoms with van der Waals surface area (Å²) in [5.74, 6) is -0.111. The fourth-order valence-corrected chi connectivity index (χ4v) is 3.10. The van der Waals surface area contributed by atoms with E-state index in [0.29, 0.717) is 5.56 Å². The SMILES string of the molecule is CCC(c1ccc(F)cc1F)N1CCN(C(=NC)NC)CC1.I. The number of benzene rings is 1. The Labute approximate surface area is 154 Å². The second-order valence-corrected chi connectivity index (χ2v) is 5.41. The zero-order chi connectivity index (χ0) is 16.1. The summed E-state index contributed by atoms with van der Waals surface area (Å²) in [6.45, 7) is 5.37. The molecule has 1 atom stereocenters. The summed E-state index contributed by atoms with van der Waals surface area (Å²) in [4.78, 5) is 8.66. The molecule has 7 heteroatoms. The molecule has 1 N–H and O–H groups in total. The van der Waals surface area contributed by atoms with Gasteiger partial charge in [0, 0.05) is 57.9 Å². The van der Waals surface area contributed by atoms with Crippen molar-refractivity contribution in [3.63, 3.8) is 0 Å². The van der Waals surface area contributed by atoms with Crippen molar-refractivity contribution in [3.8, 4) is 0 Å². The highest BCUT2D eigenvalue weighted by atomic mass is 127. The molecule has 0 bridgehead atoms. The fourth-order valence-electron chi connectivity index (χ4n) is 3.10. The summed E-state index contributed by atoms with van der Waals surface area (Å²) in [6.07, 6.45) is 0.795. The molecule has 1 aromatic carbocycles. The number of aliphatic imine (C=N–C) groups is 1. The van der Waals surface area contributed by atoms with Gasteiger partial charge in [0.2, 0.25) is 0 Å². The summed E-state index contributed by atoms with van der Waals surface area (Å²) in [5.41, 5.74) is 0.579. The Hall–Kier alpha value is -0.960. The largest absolute Gasteiger partial charge is 0.359 e. The van der Waals surface area contributed by atoms with Crippen LogP contribution in [0.4, 0.5) is 8.78 Å². The fraction of sp³-hybridized carbons (Fsp3) is 0.562. The zero-order valence-corrected chi connectivity index (χ0v) is 16.2. The molecular weight excluding hydrogens is 413 g/mol. The lowest BCUT2D eigenvalue weighted by atomic mass is 10.0. The minimum Gasteiger partial charge on any atom is -0.359 e. The van der Waals surface area contributed by atoms with Gasteiger partial charge in [0.15, 0.2) is 5.96 Å². The third kappa shape index (κ3) is 4.76. The average Bonchev–Trinajstić information content (AvgIpc) is 2.52. The number of piperazine rings is 1. The summed E-state index contributed by atoms with van der Waals surface area (Å²) in [7, 11) is 3.62. The lowest BCUT2D eigenvalue weighted by Gasteiger charge is -2.40. The van der Waals surface area contributed by atoms with Crippen LogP contribution in [0.5, 0.6) is 0 Å². The molecule has 130 valence electrons. The molecule has 1 fully saturated rings. The maximum absolute atomic E-state index is 14.1.